The van der Waals surface area contributed by atoms with E-state index in [9.17, 15) is 4.79 Å². The number of urea groups is 1. The second-order valence-corrected chi connectivity index (χ2v) is 7.78. The van der Waals surface area contributed by atoms with Crippen molar-refractivity contribution in [3.05, 3.63) is 30.3 Å². The summed E-state index contributed by atoms with van der Waals surface area (Å²) in [7, 11) is 0. The predicted octanol–water partition coefficient (Wildman–Crippen LogP) is 2.82. The smallest absolute Gasteiger partial charge is 0.314 e. The van der Waals surface area contributed by atoms with E-state index in [0.29, 0.717) is 25.0 Å². The Morgan fingerprint density at radius 2 is 1.92 bits per heavy atom. The van der Waals surface area contributed by atoms with Gasteiger partial charge in [-0.15, -0.1) is 11.8 Å². The SMILES string of the molecule is CC(C)C(CNC(=O)NCCCSc1ccccc1)N1CCOCC1. The molecule has 2 rings (SSSR count). The van der Waals surface area contributed by atoms with Crippen molar-refractivity contribution < 1.29 is 9.53 Å². The first-order valence-corrected chi connectivity index (χ1v) is 10.2. The van der Waals surface area contributed by atoms with Crippen LogP contribution < -0.4 is 10.6 Å². The van der Waals surface area contributed by atoms with Crippen LogP contribution in [0.15, 0.2) is 35.2 Å². The third-order valence-electron chi connectivity index (χ3n) is 4.37. The number of carbonyl (C=O) groups excluding carboxylic acids is 1. The van der Waals surface area contributed by atoms with Crippen molar-refractivity contribution in [2.45, 2.75) is 31.2 Å². The van der Waals surface area contributed by atoms with E-state index in [1.165, 1.54) is 4.90 Å². The number of ether oxygens (including phenoxy) is 1. The van der Waals surface area contributed by atoms with Crippen molar-refractivity contribution in [1.29, 1.82) is 0 Å². The summed E-state index contributed by atoms with van der Waals surface area (Å²) in [6.07, 6.45) is 0.962. The molecule has 1 aromatic rings. The summed E-state index contributed by atoms with van der Waals surface area (Å²) in [4.78, 5) is 15.7. The van der Waals surface area contributed by atoms with Crippen molar-refractivity contribution in [3.63, 3.8) is 0 Å². The minimum absolute atomic E-state index is 0.0661. The number of rotatable bonds is 9. The Morgan fingerprint density at radius 1 is 1.20 bits per heavy atom. The first-order chi connectivity index (χ1) is 12.2. The number of hydrogen-bond acceptors (Lipinski definition) is 4. The third kappa shape index (κ3) is 7.67. The first-order valence-electron chi connectivity index (χ1n) is 9.18. The minimum atomic E-state index is -0.0661. The lowest BCUT2D eigenvalue weighted by molar-refractivity contribution is 0.00720. The van der Waals surface area contributed by atoms with Gasteiger partial charge in [-0.1, -0.05) is 32.0 Å². The average Bonchev–Trinajstić information content (AvgIpc) is 2.63. The molecular weight excluding hydrogens is 334 g/mol. The summed E-state index contributed by atoms with van der Waals surface area (Å²) in [5.74, 6) is 1.51. The Balaban J connectivity index is 1.59. The Bertz CT molecular complexity index is 493. The van der Waals surface area contributed by atoms with E-state index in [0.717, 1.165) is 38.5 Å². The lowest BCUT2D eigenvalue weighted by Gasteiger charge is -2.36. The third-order valence-corrected chi connectivity index (χ3v) is 5.47. The monoisotopic (exact) mass is 365 g/mol. The zero-order valence-electron chi connectivity index (χ0n) is 15.4. The number of hydrogen-bond donors (Lipinski definition) is 2. The lowest BCUT2D eigenvalue weighted by Crippen LogP contribution is -2.52. The van der Waals surface area contributed by atoms with Gasteiger partial charge < -0.3 is 15.4 Å². The van der Waals surface area contributed by atoms with E-state index in [-0.39, 0.29) is 6.03 Å². The molecule has 1 heterocycles. The molecular formula is C19H31N3O2S. The highest BCUT2D eigenvalue weighted by molar-refractivity contribution is 7.99. The van der Waals surface area contributed by atoms with Crippen molar-refractivity contribution in [2.75, 3.05) is 45.1 Å². The highest BCUT2D eigenvalue weighted by Crippen LogP contribution is 2.17. The summed E-state index contributed by atoms with van der Waals surface area (Å²) in [5, 5.41) is 5.99. The van der Waals surface area contributed by atoms with Crippen LogP contribution in [0.2, 0.25) is 0 Å². The highest BCUT2D eigenvalue weighted by atomic mass is 32.2. The lowest BCUT2D eigenvalue weighted by atomic mass is 10.0. The number of benzene rings is 1. The number of carbonyl (C=O) groups is 1. The Labute approximate surface area is 155 Å². The van der Waals surface area contributed by atoms with E-state index < -0.39 is 0 Å². The molecule has 6 heteroatoms. The molecule has 1 aliphatic rings. The van der Waals surface area contributed by atoms with Gasteiger partial charge in [0.2, 0.25) is 0 Å². The maximum Gasteiger partial charge on any atom is 0.314 e. The molecule has 140 valence electrons. The van der Waals surface area contributed by atoms with Gasteiger partial charge in [0.25, 0.3) is 0 Å². The second-order valence-electron chi connectivity index (χ2n) is 6.61. The number of morpholine rings is 1. The standard InChI is InChI=1S/C19H31N3O2S/c1-16(2)18(22-10-12-24-13-11-22)15-21-19(23)20-9-6-14-25-17-7-4-3-5-8-17/h3-5,7-8,16,18H,6,9-15H2,1-2H3,(H2,20,21,23). The molecule has 1 saturated heterocycles. The van der Waals surface area contributed by atoms with Crippen molar-refractivity contribution in [3.8, 4) is 0 Å². The molecule has 5 nitrogen and oxygen atoms in total. The van der Waals surface area contributed by atoms with Crippen LogP contribution in [0.25, 0.3) is 0 Å². The summed E-state index contributed by atoms with van der Waals surface area (Å²) in [6, 6.07) is 10.6. The Hall–Kier alpha value is -1.24. The largest absolute Gasteiger partial charge is 0.379 e. The molecule has 0 saturated carbocycles. The Kier molecular flexibility index (Phi) is 9.15. The predicted molar refractivity (Wildman–Crippen MR) is 104 cm³/mol. The fraction of sp³-hybridized carbons (Fsp3) is 0.632. The highest BCUT2D eigenvalue weighted by Gasteiger charge is 2.24. The first kappa shape index (κ1) is 20.1. The molecule has 0 aliphatic carbocycles. The minimum Gasteiger partial charge on any atom is -0.379 e. The quantitative estimate of drug-likeness (QED) is 0.522. The fourth-order valence-electron chi connectivity index (χ4n) is 2.94. The summed E-state index contributed by atoms with van der Waals surface area (Å²) < 4.78 is 5.42. The number of thioether (sulfide) groups is 1. The van der Waals surface area contributed by atoms with Gasteiger partial charge in [-0.3, -0.25) is 4.90 Å². The molecule has 25 heavy (non-hydrogen) atoms. The summed E-state index contributed by atoms with van der Waals surface area (Å²) >= 11 is 1.82. The van der Waals surface area contributed by atoms with Gasteiger partial charge >= 0.3 is 6.03 Å². The zero-order valence-corrected chi connectivity index (χ0v) is 16.2. The van der Waals surface area contributed by atoms with E-state index in [2.05, 4.69) is 41.5 Å². The van der Waals surface area contributed by atoms with Crippen molar-refractivity contribution in [1.82, 2.24) is 15.5 Å². The zero-order chi connectivity index (χ0) is 17.9. The molecule has 0 bridgehead atoms. The number of nitrogens with one attached hydrogen (secondary N) is 2. The number of nitrogens with zero attached hydrogens (tertiary/aromatic N) is 1. The van der Waals surface area contributed by atoms with Crippen LogP contribution >= 0.6 is 11.8 Å². The molecule has 1 atom stereocenters. The molecule has 0 radical (unpaired) electrons. The van der Waals surface area contributed by atoms with Crippen molar-refractivity contribution in [2.24, 2.45) is 5.92 Å². The normalized spacial score (nSPS) is 16.6. The van der Waals surface area contributed by atoms with Crippen LogP contribution in [0, 0.1) is 5.92 Å². The molecule has 0 aromatic heterocycles. The van der Waals surface area contributed by atoms with Crippen LogP contribution in [0.3, 0.4) is 0 Å². The van der Waals surface area contributed by atoms with Gasteiger partial charge in [0.1, 0.15) is 0 Å². The van der Waals surface area contributed by atoms with Gasteiger partial charge in [0, 0.05) is 37.1 Å². The van der Waals surface area contributed by atoms with Crippen LogP contribution in [0.4, 0.5) is 4.79 Å². The molecule has 1 unspecified atom stereocenters. The summed E-state index contributed by atoms with van der Waals surface area (Å²) in [6.45, 7) is 9.27. The molecule has 2 N–H and O–H groups in total. The maximum atomic E-state index is 12.0. The molecule has 1 fully saturated rings. The van der Waals surface area contributed by atoms with Crippen LogP contribution in [0.5, 0.6) is 0 Å². The van der Waals surface area contributed by atoms with Crippen LogP contribution in [-0.4, -0.2) is 62.1 Å². The second kappa shape index (κ2) is 11.4. The van der Waals surface area contributed by atoms with Gasteiger partial charge in [0.05, 0.1) is 13.2 Å². The Morgan fingerprint density at radius 3 is 2.60 bits per heavy atom. The van der Waals surface area contributed by atoms with Gasteiger partial charge in [-0.05, 0) is 30.2 Å². The fourth-order valence-corrected chi connectivity index (χ4v) is 3.81. The number of amides is 2. The average molecular weight is 366 g/mol. The molecule has 1 aliphatic heterocycles. The maximum absolute atomic E-state index is 12.0. The topological polar surface area (TPSA) is 53.6 Å². The molecule has 2 amide bonds. The van der Waals surface area contributed by atoms with Gasteiger partial charge in [0.15, 0.2) is 0 Å². The molecule has 0 spiro atoms. The van der Waals surface area contributed by atoms with E-state index in [4.69, 9.17) is 4.74 Å². The molecule has 1 aromatic carbocycles. The van der Waals surface area contributed by atoms with Crippen LogP contribution in [0.1, 0.15) is 20.3 Å². The van der Waals surface area contributed by atoms with E-state index in [1.54, 1.807) is 0 Å². The summed E-state index contributed by atoms with van der Waals surface area (Å²) in [5.41, 5.74) is 0. The van der Waals surface area contributed by atoms with E-state index >= 15 is 0 Å². The van der Waals surface area contributed by atoms with Crippen molar-refractivity contribution >= 4 is 17.8 Å². The van der Waals surface area contributed by atoms with Gasteiger partial charge in [-0.2, -0.15) is 0 Å². The van der Waals surface area contributed by atoms with E-state index in [1.807, 2.05) is 30.0 Å². The van der Waals surface area contributed by atoms with Gasteiger partial charge in [-0.25, -0.2) is 4.79 Å². The van der Waals surface area contributed by atoms with Crippen LogP contribution in [-0.2, 0) is 4.74 Å².